The minimum absolute atomic E-state index is 0.0665. The van der Waals surface area contributed by atoms with Crippen molar-refractivity contribution in [3.8, 4) is 0 Å². The molecule has 7 heteroatoms. The highest BCUT2D eigenvalue weighted by Gasteiger charge is 2.21. The van der Waals surface area contributed by atoms with Crippen molar-refractivity contribution in [2.45, 2.75) is 33.2 Å². The Morgan fingerprint density at radius 3 is 2.35 bits per heavy atom. The topological polar surface area (TPSA) is 89.5 Å². The van der Waals surface area contributed by atoms with Gasteiger partial charge in [0.1, 0.15) is 0 Å². The van der Waals surface area contributed by atoms with Crippen molar-refractivity contribution in [3.05, 3.63) is 21.5 Å². The molecule has 0 saturated heterocycles. The number of alkyl halides is 1. The molecule has 0 radical (unpaired) electrons. The highest BCUT2D eigenvalue weighted by Crippen LogP contribution is 2.17. The minimum atomic E-state index is -0.420. The first kappa shape index (κ1) is 15.9. The van der Waals surface area contributed by atoms with Crippen LogP contribution in [0.25, 0.3) is 0 Å². The second-order valence-corrected chi connectivity index (χ2v) is 4.49. The van der Waals surface area contributed by atoms with Crippen LogP contribution in [0.1, 0.15) is 27.2 Å². The number of hydrogen-bond donors (Lipinski definition) is 1. The van der Waals surface area contributed by atoms with Crippen LogP contribution in [-0.4, -0.2) is 33.6 Å². The molecule has 98 valence electrons. The molecule has 17 heavy (non-hydrogen) atoms. The van der Waals surface area contributed by atoms with Gasteiger partial charge in [0.15, 0.2) is 0 Å². The number of primary amides is 1. The van der Waals surface area contributed by atoms with E-state index in [1.54, 1.807) is 0 Å². The molecule has 0 aromatic carbocycles. The van der Waals surface area contributed by atoms with Crippen LogP contribution in [0.15, 0.2) is 11.4 Å². The average Bonchev–Trinajstić information content (AvgIpc) is 2.22. The lowest BCUT2D eigenvalue weighted by molar-refractivity contribution is -0.426. The van der Waals surface area contributed by atoms with E-state index >= 15 is 0 Å². The summed E-state index contributed by atoms with van der Waals surface area (Å²) >= 11 is 3.24. The maximum Gasteiger partial charge on any atom is 0.262 e. The lowest BCUT2D eigenvalue weighted by Crippen LogP contribution is -2.35. The molecule has 0 aromatic rings. The van der Waals surface area contributed by atoms with Gasteiger partial charge in [-0.25, -0.2) is 0 Å². The zero-order valence-corrected chi connectivity index (χ0v) is 11.9. The summed E-state index contributed by atoms with van der Waals surface area (Å²) in [6.45, 7) is 5.67. The summed E-state index contributed by atoms with van der Waals surface area (Å²) in [5.41, 5.74) is 5.75. The van der Waals surface area contributed by atoms with Gasteiger partial charge in [0.25, 0.3) is 5.70 Å². The fraction of sp³-hybridized carbons (Fsp3) is 0.700. The Morgan fingerprint density at radius 2 is 2.06 bits per heavy atom. The van der Waals surface area contributed by atoms with Gasteiger partial charge < -0.3 is 10.6 Å². The Balaban J connectivity index is 5.07. The standard InChI is InChI=1S/C10H18BrN3O3/c1-7(2)13(5-4-10(12)15)9(6-11)8(3)14(16)17/h7H,4-6H2,1-3H3,(H2,12,15)/b9-8+. The van der Waals surface area contributed by atoms with Gasteiger partial charge in [-0.2, -0.15) is 0 Å². The second kappa shape index (κ2) is 7.26. The summed E-state index contributed by atoms with van der Waals surface area (Å²) < 4.78 is 0. The van der Waals surface area contributed by atoms with E-state index in [0.29, 0.717) is 17.6 Å². The van der Waals surface area contributed by atoms with Crippen molar-refractivity contribution < 1.29 is 9.72 Å². The van der Waals surface area contributed by atoms with E-state index in [2.05, 4.69) is 15.9 Å². The number of nitrogens with two attached hydrogens (primary N) is 1. The van der Waals surface area contributed by atoms with Crippen LogP contribution < -0.4 is 5.73 Å². The lowest BCUT2D eigenvalue weighted by atomic mass is 10.2. The van der Waals surface area contributed by atoms with E-state index in [0.717, 1.165) is 0 Å². The predicted molar refractivity (Wildman–Crippen MR) is 69.1 cm³/mol. The maximum absolute atomic E-state index is 10.8. The number of amides is 1. The van der Waals surface area contributed by atoms with Crippen LogP contribution >= 0.6 is 15.9 Å². The van der Waals surface area contributed by atoms with Crippen molar-refractivity contribution in [3.63, 3.8) is 0 Å². The molecule has 6 nitrogen and oxygen atoms in total. The van der Waals surface area contributed by atoms with E-state index in [4.69, 9.17) is 5.73 Å². The number of halogens is 1. The van der Waals surface area contributed by atoms with E-state index < -0.39 is 10.8 Å². The van der Waals surface area contributed by atoms with Gasteiger partial charge in [0.05, 0.1) is 10.6 Å². The van der Waals surface area contributed by atoms with Gasteiger partial charge >= 0.3 is 0 Å². The number of carbonyl (C=O) groups is 1. The summed E-state index contributed by atoms with van der Waals surface area (Å²) in [5.74, 6) is -0.414. The van der Waals surface area contributed by atoms with Crippen molar-refractivity contribution in [1.29, 1.82) is 0 Å². The zero-order chi connectivity index (χ0) is 13.6. The Morgan fingerprint density at radius 1 is 1.53 bits per heavy atom. The van der Waals surface area contributed by atoms with Gasteiger partial charge in [0, 0.05) is 31.3 Å². The molecular weight excluding hydrogens is 290 g/mol. The Kier molecular flexibility index (Phi) is 6.79. The summed E-state index contributed by atoms with van der Waals surface area (Å²) in [6.07, 6.45) is 0.180. The van der Waals surface area contributed by atoms with Crippen LogP contribution in [0.2, 0.25) is 0 Å². The van der Waals surface area contributed by atoms with Gasteiger partial charge in [-0.15, -0.1) is 0 Å². The van der Waals surface area contributed by atoms with Crippen molar-refractivity contribution >= 4 is 21.8 Å². The second-order valence-electron chi connectivity index (χ2n) is 3.93. The van der Waals surface area contributed by atoms with Gasteiger partial charge in [-0.1, -0.05) is 15.9 Å². The van der Waals surface area contributed by atoms with E-state index in [1.807, 2.05) is 18.7 Å². The first-order valence-electron chi connectivity index (χ1n) is 5.26. The number of rotatable bonds is 7. The molecule has 0 unspecified atom stereocenters. The summed E-state index contributed by atoms with van der Waals surface area (Å²) in [5, 5.41) is 11.1. The Hall–Kier alpha value is -1.11. The minimum Gasteiger partial charge on any atom is -0.370 e. The lowest BCUT2D eigenvalue weighted by Gasteiger charge is -2.29. The van der Waals surface area contributed by atoms with E-state index in [-0.39, 0.29) is 18.2 Å². The summed E-state index contributed by atoms with van der Waals surface area (Å²) in [6, 6.07) is 0.0665. The van der Waals surface area contributed by atoms with E-state index in [1.165, 1.54) is 6.92 Å². The molecule has 1 amide bonds. The molecule has 0 heterocycles. The molecule has 0 bridgehead atoms. The quantitative estimate of drug-likeness (QED) is 0.438. The zero-order valence-electron chi connectivity index (χ0n) is 10.3. The van der Waals surface area contributed by atoms with E-state index in [9.17, 15) is 14.9 Å². The van der Waals surface area contributed by atoms with Crippen LogP contribution in [0.5, 0.6) is 0 Å². The number of carbonyl (C=O) groups excluding carboxylic acids is 1. The van der Waals surface area contributed by atoms with Crippen LogP contribution in [0, 0.1) is 10.1 Å². The molecule has 0 aliphatic heterocycles. The van der Waals surface area contributed by atoms with Gasteiger partial charge in [0.2, 0.25) is 5.91 Å². The first-order valence-corrected chi connectivity index (χ1v) is 6.38. The molecular formula is C10H18BrN3O3. The number of hydrogen-bond acceptors (Lipinski definition) is 4. The summed E-state index contributed by atoms with van der Waals surface area (Å²) in [4.78, 5) is 22.9. The molecule has 0 spiro atoms. The van der Waals surface area contributed by atoms with Crippen LogP contribution in [-0.2, 0) is 4.79 Å². The number of nitrogens with zero attached hydrogens (tertiary/aromatic N) is 2. The largest absolute Gasteiger partial charge is 0.370 e. The first-order chi connectivity index (χ1) is 7.81. The van der Waals surface area contributed by atoms with Gasteiger partial charge in [-0.3, -0.25) is 14.9 Å². The molecule has 0 aliphatic carbocycles. The monoisotopic (exact) mass is 307 g/mol. The third kappa shape index (κ3) is 5.16. The van der Waals surface area contributed by atoms with Crippen molar-refractivity contribution in [2.24, 2.45) is 5.73 Å². The molecule has 0 saturated carbocycles. The SMILES string of the molecule is C/C(=C(/CBr)N(CCC(N)=O)C(C)C)[N+](=O)[O-]. The fourth-order valence-corrected chi connectivity index (χ4v) is 2.15. The van der Waals surface area contributed by atoms with Crippen LogP contribution in [0.4, 0.5) is 0 Å². The third-order valence-electron chi connectivity index (χ3n) is 2.39. The Bertz CT molecular complexity index is 329. The highest BCUT2D eigenvalue weighted by atomic mass is 79.9. The maximum atomic E-state index is 10.8. The Labute approximate surface area is 109 Å². The highest BCUT2D eigenvalue weighted by molar-refractivity contribution is 9.09. The predicted octanol–water partition coefficient (Wildman–Crippen LogP) is 1.48. The molecule has 0 fully saturated rings. The summed E-state index contributed by atoms with van der Waals surface area (Å²) in [7, 11) is 0. The van der Waals surface area contributed by atoms with Crippen LogP contribution in [0.3, 0.4) is 0 Å². The van der Waals surface area contributed by atoms with Crippen molar-refractivity contribution in [2.75, 3.05) is 11.9 Å². The van der Waals surface area contributed by atoms with Crippen molar-refractivity contribution in [1.82, 2.24) is 4.90 Å². The molecule has 0 aliphatic rings. The third-order valence-corrected chi connectivity index (χ3v) is 2.92. The number of allylic oxidation sites excluding steroid dienone is 2. The number of nitro groups is 1. The molecule has 0 aromatic heterocycles. The fourth-order valence-electron chi connectivity index (χ4n) is 1.42. The molecule has 2 N–H and O–H groups in total. The molecule has 0 rings (SSSR count). The van der Waals surface area contributed by atoms with Gasteiger partial charge in [-0.05, 0) is 13.8 Å². The molecule has 0 atom stereocenters. The normalized spacial score (nSPS) is 12.3. The average molecular weight is 308 g/mol. The smallest absolute Gasteiger partial charge is 0.262 e.